The summed E-state index contributed by atoms with van der Waals surface area (Å²) >= 11 is 5.70. The van der Waals surface area contributed by atoms with Crippen LogP contribution < -0.4 is 5.32 Å². The van der Waals surface area contributed by atoms with Crippen LogP contribution in [-0.4, -0.2) is 18.3 Å². The number of nitriles is 1. The van der Waals surface area contributed by atoms with Gasteiger partial charge in [-0.15, -0.1) is 11.6 Å². The van der Waals surface area contributed by atoms with Gasteiger partial charge in [0.05, 0.1) is 11.6 Å². The molecule has 1 rings (SSSR count). The van der Waals surface area contributed by atoms with E-state index in [2.05, 4.69) is 12.2 Å². The van der Waals surface area contributed by atoms with Gasteiger partial charge in [-0.05, 0) is 43.0 Å². The number of rotatable bonds is 6. The maximum absolute atomic E-state index is 11.7. The topological polar surface area (TPSA) is 52.9 Å². The summed E-state index contributed by atoms with van der Waals surface area (Å²) in [4.78, 5) is 11.7. The minimum absolute atomic E-state index is 0.0991. The molecule has 0 fully saturated rings. The van der Waals surface area contributed by atoms with Gasteiger partial charge in [-0.1, -0.05) is 6.92 Å². The highest BCUT2D eigenvalue weighted by Crippen LogP contribution is 2.07. The van der Waals surface area contributed by atoms with Crippen molar-refractivity contribution in [3.05, 3.63) is 35.4 Å². The first-order chi connectivity index (χ1) is 8.67. The summed E-state index contributed by atoms with van der Waals surface area (Å²) in [6.07, 6.45) is 1.94. The summed E-state index contributed by atoms with van der Waals surface area (Å²) in [6.45, 7) is 2.75. The number of amides is 1. The number of carbonyl (C=O) groups excluding carboxylic acids is 1. The highest BCUT2D eigenvalue weighted by atomic mass is 35.5. The van der Waals surface area contributed by atoms with Gasteiger partial charge in [0.25, 0.3) is 5.91 Å². The van der Waals surface area contributed by atoms with Gasteiger partial charge < -0.3 is 5.32 Å². The molecule has 96 valence electrons. The van der Waals surface area contributed by atoms with Gasteiger partial charge >= 0.3 is 0 Å². The number of nitrogens with zero attached hydrogens (tertiary/aromatic N) is 1. The first-order valence-electron chi connectivity index (χ1n) is 6.01. The summed E-state index contributed by atoms with van der Waals surface area (Å²) < 4.78 is 0. The molecule has 0 bridgehead atoms. The highest BCUT2D eigenvalue weighted by molar-refractivity contribution is 6.18. The molecule has 1 N–H and O–H groups in total. The van der Waals surface area contributed by atoms with Crippen molar-refractivity contribution in [2.75, 3.05) is 12.4 Å². The Morgan fingerprint density at radius 2 is 2.11 bits per heavy atom. The van der Waals surface area contributed by atoms with Crippen molar-refractivity contribution >= 4 is 17.5 Å². The van der Waals surface area contributed by atoms with Crippen LogP contribution in [0.2, 0.25) is 0 Å². The molecule has 0 aliphatic rings. The zero-order valence-corrected chi connectivity index (χ0v) is 11.2. The van der Waals surface area contributed by atoms with Crippen LogP contribution in [-0.2, 0) is 0 Å². The predicted octanol–water partition coefficient (Wildman–Crippen LogP) is 2.94. The van der Waals surface area contributed by atoms with Gasteiger partial charge in [-0.25, -0.2) is 0 Å². The zero-order valence-electron chi connectivity index (χ0n) is 10.4. The molecule has 0 saturated heterocycles. The minimum Gasteiger partial charge on any atom is -0.352 e. The minimum atomic E-state index is -0.0991. The third-order valence-electron chi connectivity index (χ3n) is 2.70. The van der Waals surface area contributed by atoms with E-state index in [1.165, 1.54) is 0 Å². The monoisotopic (exact) mass is 264 g/mol. The molecule has 3 nitrogen and oxygen atoms in total. The average molecular weight is 265 g/mol. The maximum atomic E-state index is 11.7. The Morgan fingerprint density at radius 3 is 2.67 bits per heavy atom. The van der Waals surface area contributed by atoms with E-state index in [9.17, 15) is 4.79 Å². The number of hydrogen-bond acceptors (Lipinski definition) is 2. The lowest BCUT2D eigenvalue weighted by Gasteiger charge is -2.08. The van der Waals surface area contributed by atoms with Crippen LogP contribution in [0.15, 0.2) is 24.3 Å². The molecule has 4 heteroatoms. The van der Waals surface area contributed by atoms with Crippen molar-refractivity contribution < 1.29 is 4.79 Å². The van der Waals surface area contributed by atoms with Gasteiger partial charge in [0.1, 0.15) is 0 Å². The highest BCUT2D eigenvalue weighted by Gasteiger charge is 2.05. The van der Waals surface area contributed by atoms with E-state index in [4.69, 9.17) is 16.9 Å². The van der Waals surface area contributed by atoms with Gasteiger partial charge in [0.15, 0.2) is 0 Å². The lowest BCUT2D eigenvalue weighted by Crippen LogP contribution is -2.24. The smallest absolute Gasteiger partial charge is 0.251 e. The van der Waals surface area contributed by atoms with Crippen molar-refractivity contribution in [3.8, 4) is 6.07 Å². The lowest BCUT2D eigenvalue weighted by atomic mass is 10.1. The van der Waals surface area contributed by atoms with Gasteiger partial charge in [-0.2, -0.15) is 5.26 Å². The van der Waals surface area contributed by atoms with Crippen LogP contribution in [0.4, 0.5) is 0 Å². The fraction of sp³-hybridized carbons (Fsp3) is 0.429. The SMILES string of the molecule is CC(CCl)CCCNC(=O)c1ccc(C#N)cc1. The van der Waals surface area contributed by atoms with Crippen LogP contribution in [0.1, 0.15) is 35.7 Å². The molecule has 1 atom stereocenters. The Balaban J connectivity index is 2.34. The first-order valence-corrected chi connectivity index (χ1v) is 6.55. The van der Waals surface area contributed by atoms with E-state index in [-0.39, 0.29) is 5.91 Å². The molecule has 0 saturated carbocycles. The van der Waals surface area contributed by atoms with E-state index in [0.29, 0.717) is 29.5 Å². The molecule has 0 radical (unpaired) electrons. The van der Waals surface area contributed by atoms with E-state index in [0.717, 1.165) is 12.8 Å². The fourth-order valence-electron chi connectivity index (χ4n) is 1.53. The van der Waals surface area contributed by atoms with Crippen molar-refractivity contribution in [1.82, 2.24) is 5.32 Å². The molecule has 0 heterocycles. The molecule has 1 aromatic carbocycles. The lowest BCUT2D eigenvalue weighted by molar-refractivity contribution is 0.0952. The Labute approximate surface area is 113 Å². The van der Waals surface area contributed by atoms with Crippen LogP contribution in [0.3, 0.4) is 0 Å². The Kier molecular flexibility index (Phi) is 6.24. The number of nitrogens with one attached hydrogen (secondary N) is 1. The molecule has 1 aromatic rings. The average Bonchev–Trinajstić information content (AvgIpc) is 2.43. The number of benzene rings is 1. The standard InChI is InChI=1S/C14H17ClN2O/c1-11(9-15)3-2-8-17-14(18)13-6-4-12(10-16)5-7-13/h4-7,11H,2-3,8-9H2,1H3,(H,17,18). The summed E-state index contributed by atoms with van der Waals surface area (Å²) in [5.74, 6) is 1.04. The first kappa shape index (κ1) is 14.5. The molecule has 1 amide bonds. The van der Waals surface area contributed by atoms with Crippen LogP contribution in [0, 0.1) is 17.2 Å². The number of halogens is 1. The fourth-order valence-corrected chi connectivity index (χ4v) is 1.68. The summed E-state index contributed by atoms with van der Waals surface area (Å²) in [7, 11) is 0. The maximum Gasteiger partial charge on any atom is 0.251 e. The number of hydrogen-bond donors (Lipinski definition) is 1. The predicted molar refractivity (Wildman–Crippen MR) is 72.6 cm³/mol. The summed E-state index contributed by atoms with van der Waals surface area (Å²) in [5.41, 5.74) is 1.14. The van der Waals surface area contributed by atoms with Crippen LogP contribution in [0.5, 0.6) is 0 Å². The van der Waals surface area contributed by atoms with E-state index < -0.39 is 0 Å². The van der Waals surface area contributed by atoms with E-state index in [1.807, 2.05) is 6.07 Å². The van der Waals surface area contributed by atoms with Crippen molar-refractivity contribution in [2.24, 2.45) is 5.92 Å². The second kappa shape index (κ2) is 7.73. The Hall–Kier alpha value is -1.53. The Bertz CT molecular complexity index is 422. The number of carbonyl (C=O) groups is 1. The van der Waals surface area contributed by atoms with Crippen molar-refractivity contribution in [2.45, 2.75) is 19.8 Å². The molecular formula is C14H17ClN2O. The molecule has 18 heavy (non-hydrogen) atoms. The van der Waals surface area contributed by atoms with E-state index >= 15 is 0 Å². The second-order valence-corrected chi connectivity index (χ2v) is 4.66. The molecule has 1 unspecified atom stereocenters. The Morgan fingerprint density at radius 1 is 1.44 bits per heavy atom. The van der Waals surface area contributed by atoms with Crippen molar-refractivity contribution in [3.63, 3.8) is 0 Å². The van der Waals surface area contributed by atoms with Gasteiger partial charge in [0, 0.05) is 18.0 Å². The summed E-state index contributed by atoms with van der Waals surface area (Å²) in [6, 6.07) is 8.63. The normalized spacial score (nSPS) is 11.6. The van der Waals surface area contributed by atoms with Crippen molar-refractivity contribution in [1.29, 1.82) is 5.26 Å². The molecule has 0 aliphatic heterocycles. The van der Waals surface area contributed by atoms with Gasteiger partial charge in [0.2, 0.25) is 0 Å². The zero-order chi connectivity index (χ0) is 13.4. The van der Waals surface area contributed by atoms with Crippen LogP contribution in [0.25, 0.3) is 0 Å². The molecular weight excluding hydrogens is 248 g/mol. The summed E-state index contributed by atoms with van der Waals surface area (Å²) in [5, 5.41) is 11.5. The van der Waals surface area contributed by atoms with Gasteiger partial charge in [-0.3, -0.25) is 4.79 Å². The van der Waals surface area contributed by atoms with E-state index in [1.54, 1.807) is 24.3 Å². The second-order valence-electron chi connectivity index (χ2n) is 4.35. The molecule has 0 spiro atoms. The quantitative estimate of drug-likeness (QED) is 0.634. The largest absolute Gasteiger partial charge is 0.352 e. The number of alkyl halides is 1. The third-order valence-corrected chi connectivity index (χ3v) is 3.23. The molecule has 0 aliphatic carbocycles. The van der Waals surface area contributed by atoms with Crippen LogP contribution >= 0.6 is 11.6 Å². The third kappa shape index (κ3) is 4.77. The molecule has 0 aromatic heterocycles.